The fraction of sp³-hybridized carbons (Fsp3) is 0.500. The zero-order valence-corrected chi connectivity index (χ0v) is 6.95. The maximum atomic E-state index is 11.2. The van der Waals surface area contributed by atoms with Crippen LogP contribution in [0.25, 0.3) is 0 Å². The summed E-state index contributed by atoms with van der Waals surface area (Å²) in [6.07, 6.45) is 1.41. The lowest BCUT2D eigenvalue weighted by atomic mass is 10.3. The fourth-order valence-corrected chi connectivity index (χ4v) is 1.17. The fourth-order valence-electron chi connectivity index (χ4n) is 1.17. The number of carbonyl (C=O) groups excluding carboxylic acids is 2. The average molecular weight is 169 g/mol. The van der Waals surface area contributed by atoms with Gasteiger partial charge in [-0.1, -0.05) is 6.58 Å². The summed E-state index contributed by atoms with van der Waals surface area (Å²) in [4.78, 5) is 23.2. The standard InChI is InChI=1S/C8H11NO3/c1-3-9-5-4-7(8(9)11)12-6(2)10/h3,7H,1,4-5H2,2H3. The average Bonchev–Trinajstić information content (AvgIpc) is 2.32. The minimum absolute atomic E-state index is 0.180. The number of ether oxygens (including phenoxy) is 1. The molecule has 1 atom stereocenters. The van der Waals surface area contributed by atoms with E-state index >= 15 is 0 Å². The Labute approximate surface area is 70.8 Å². The maximum absolute atomic E-state index is 11.2. The summed E-state index contributed by atoms with van der Waals surface area (Å²) >= 11 is 0. The minimum Gasteiger partial charge on any atom is -0.452 e. The van der Waals surface area contributed by atoms with E-state index in [1.807, 2.05) is 0 Å². The molecule has 1 amide bonds. The Morgan fingerprint density at radius 1 is 1.83 bits per heavy atom. The summed E-state index contributed by atoms with van der Waals surface area (Å²) in [5.74, 6) is -0.598. The number of likely N-dealkylation sites (tertiary alicyclic amines) is 1. The van der Waals surface area contributed by atoms with Gasteiger partial charge in [-0.3, -0.25) is 9.59 Å². The van der Waals surface area contributed by atoms with Gasteiger partial charge in [-0.2, -0.15) is 0 Å². The largest absolute Gasteiger partial charge is 0.452 e. The van der Waals surface area contributed by atoms with Crippen molar-refractivity contribution in [2.75, 3.05) is 6.54 Å². The molecule has 1 fully saturated rings. The van der Waals surface area contributed by atoms with Crippen molar-refractivity contribution < 1.29 is 14.3 Å². The van der Waals surface area contributed by atoms with Crippen LogP contribution in [0.4, 0.5) is 0 Å². The predicted octanol–water partition coefficient (Wildman–Crippen LogP) is 0.294. The van der Waals surface area contributed by atoms with Gasteiger partial charge in [-0.25, -0.2) is 0 Å². The first-order valence-electron chi connectivity index (χ1n) is 3.75. The molecule has 0 N–H and O–H groups in total. The molecule has 0 saturated carbocycles. The van der Waals surface area contributed by atoms with Gasteiger partial charge in [0.1, 0.15) is 0 Å². The van der Waals surface area contributed by atoms with Crippen LogP contribution >= 0.6 is 0 Å². The van der Waals surface area contributed by atoms with Crippen molar-refractivity contribution >= 4 is 11.9 Å². The van der Waals surface area contributed by atoms with E-state index in [0.29, 0.717) is 13.0 Å². The first-order valence-corrected chi connectivity index (χ1v) is 3.75. The van der Waals surface area contributed by atoms with Gasteiger partial charge in [0.2, 0.25) is 0 Å². The SMILES string of the molecule is C=CN1CCC(OC(C)=O)C1=O. The predicted molar refractivity (Wildman–Crippen MR) is 42.1 cm³/mol. The Hall–Kier alpha value is -1.32. The van der Waals surface area contributed by atoms with Gasteiger partial charge < -0.3 is 9.64 Å². The van der Waals surface area contributed by atoms with Gasteiger partial charge in [-0.05, 0) is 6.20 Å². The van der Waals surface area contributed by atoms with Crippen molar-refractivity contribution in [1.82, 2.24) is 4.90 Å². The number of amides is 1. The molecule has 0 bridgehead atoms. The maximum Gasteiger partial charge on any atom is 0.303 e. The Balaban J connectivity index is 2.54. The topological polar surface area (TPSA) is 46.6 Å². The van der Waals surface area contributed by atoms with Gasteiger partial charge in [0.05, 0.1) is 0 Å². The van der Waals surface area contributed by atoms with Gasteiger partial charge in [0.15, 0.2) is 6.10 Å². The highest BCUT2D eigenvalue weighted by Gasteiger charge is 2.32. The molecular formula is C8H11NO3. The third-order valence-electron chi connectivity index (χ3n) is 1.72. The Morgan fingerprint density at radius 3 is 2.92 bits per heavy atom. The molecule has 0 radical (unpaired) electrons. The second kappa shape index (κ2) is 3.38. The molecule has 0 aromatic carbocycles. The number of carbonyl (C=O) groups is 2. The molecule has 4 nitrogen and oxygen atoms in total. The first-order chi connectivity index (χ1) is 5.65. The van der Waals surface area contributed by atoms with E-state index in [2.05, 4.69) is 6.58 Å². The molecule has 0 spiro atoms. The Bertz CT molecular complexity index is 224. The summed E-state index contributed by atoms with van der Waals surface area (Å²) in [5, 5.41) is 0. The molecule has 1 rings (SSSR count). The molecule has 4 heteroatoms. The molecule has 1 saturated heterocycles. The van der Waals surface area contributed by atoms with Crippen molar-refractivity contribution in [3.8, 4) is 0 Å². The lowest BCUT2D eigenvalue weighted by molar-refractivity contribution is -0.153. The Morgan fingerprint density at radius 2 is 2.50 bits per heavy atom. The van der Waals surface area contributed by atoms with E-state index in [-0.39, 0.29) is 5.91 Å². The number of rotatable bonds is 2. The monoisotopic (exact) mass is 169 g/mol. The number of esters is 1. The molecular weight excluding hydrogens is 158 g/mol. The van der Waals surface area contributed by atoms with Gasteiger partial charge in [0.25, 0.3) is 5.91 Å². The van der Waals surface area contributed by atoms with Crippen LogP contribution in [0, 0.1) is 0 Å². The minimum atomic E-state index is -0.597. The van der Waals surface area contributed by atoms with Gasteiger partial charge in [-0.15, -0.1) is 0 Å². The molecule has 0 aliphatic carbocycles. The second-order valence-electron chi connectivity index (χ2n) is 2.60. The van der Waals surface area contributed by atoms with Crippen LogP contribution in [0.15, 0.2) is 12.8 Å². The van der Waals surface area contributed by atoms with E-state index < -0.39 is 12.1 Å². The number of hydrogen-bond donors (Lipinski definition) is 0. The zero-order valence-electron chi connectivity index (χ0n) is 6.95. The van der Waals surface area contributed by atoms with Crippen molar-refractivity contribution in [3.05, 3.63) is 12.8 Å². The summed E-state index contributed by atoms with van der Waals surface area (Å²) in [6.45, 7) is 5.35. The van der Waals surface area contributed by atoms with Gasteiger partial charge >= 0.3 is 5.97 Å². The normalized spacial score (nSPS) is 22.6. The third-order valence-corrected chi connectivity index (χ3v) is 1.72. The molecule has 1 aliphatic rings. The van der Waals surface area contributed by atoms with Crippen molar-refractivity contribution in [2.24, 2.45) is 0 Å². The highest BCUT2D eigenvalue weighted by molar-refractivity contribution is 5.85. The van der Waals surface area contributed by atoms with Crippen molar-refractivity contribution in [3.63, 3.8) is 0 Å². The van der Waals surface area contributed by atoms with Crippen molar-refractivity contribution in [2.45, 2.75) is 19.4 Å². The summed E-state index contributed by atoms with van der Waals surface area (Å²) in [5.41, 5.74) is 0. The molecule has 66 valence electrons. The lowest BCUT2D eigenvalue weighted by Gasteiger charge is -2.10. The Kier molecular flexibility index (Phi) is 2.47. The highest BCUT2D eigenvalue weighted by Crippen LogP contribution is 2.14. The van der Waals surface area contributed by atoms with Crippen LogP contribution in [-0.4, -0.2) is 29.4 Å². The third kappa shape index (κ3) is 1.64. The molecule has 1 aliphatic heterocycles. The number of hydrogen-bond acceptors (Lipinski definition) is 3. The molecule has 0 aromatic rings. The van der Waals surface area contributed by atoms with E-state index in [1.165, 1.54) is 18.0 Å². The summed E-state index contributed by atoms with van der Waals surface area (Å²) in [6, 6.07) is 0. The molecule has 1 heterocycles. The molecule has 1 unspecified atom stereocenters. The van der Waals surface area contributed by atoms with Crippen LogP contribution in [0.2, 0.25) is 0 Å². The summed E-state index contributed by atoms with van der Waals surface area (Å²) < 4.78 is 4.78. The van der Waals surface area contributed by atoms with E-state index in [9.17, 15) is 9.59 Å². The first kappa shape index (κ1) is 8.77. The smallest absolute Gasteiger partial charge is 0.303 e. The molecule has 12 heavy (non-hydrogen) atoms. The van der Waals surface area contributed by atoms with Crippen LogP contribution in [-0.2, 0) is 14.3 Å². The number of nitrogens with zero attached hydrogens (tertiary/aromatic N) is 1. The van der Waals surface area contributed by atoms with Crippen LogP contribution in [0.3, 0.4) is 0 Å². The quantitative estimate of drug-likeness (QED) is 0.558. The van der Waals surface area contributed by atoms with E-state index in [0.717, 1.165) is 0 Å². The van der Waals surface area contributed by atoms with E-state index in [1.54, 1.807) is 0 Å². The van der Waals surface area contributed by atoms with Crippen LogP contribution < -0.4 is 0 Å². The lowest BCUT2D eigenvalue weighted by Crippen LogP contribution is -2.27. The van der Waals surface area contributed by atoms with Crippen LogP contribution in [0.5, 0.6) is 0 Å². The van der Waals surface area contributed by atoms with Crippen LogP contribution in [0.1, 0.15) is 13.3 Å². The van der Waals surface area contributed by atoms with Crippen molar-refractivity contribution in [1.29, 1.82) is 0 Å². The zero-order chi connectivity index (χ0) is 9.14. The second-order valence-corrected chi connectivity index (χ2v) is 2.60. The molecule has 0 aromatic heterocycles. The summed E-state index contributed by atoms with van der Waals surface area (Å²) in [7, 11) is 0. The highest BCUT2D eigenvalue weighted by atomic mass is 16.5. The van der Waals surface area contributed by atoms with E-state index in [4.69, 9.17) is 4.74 Å². The van der Waals surface area contributed by atoms with Gasteiger partial charge in [0, 0.05) is 19.9 Å².